The smallest absolute Gasteiger partial charge is 0.134 e. The molecule has 0 radical (unpaired) electrons. The number of hydrogen-bond donors (Lipinski definition) is 1. The van der Waals surface area contributed by atoms with Gasteiger partial charge in [0.25, 0.3) is 0 Å². The Morgan fingerprint density at radius 3 is 2.94 bits per heavy atom. The fourth-order valence-electron chi connectivity index (χ4n) is 1.70. The van der Waals surface area contributed by atoms with E-state index in [0.717, 1.165) is 22.8 Å². The van der Waals surface area contributed by atoms with Gasteiger partial charge in [-0.2, -0.15) is 0 Å². The molecule has 0 saturated carbocycles. The highest BCUT2D eigenvalue weighted by molar-refractivity contribution is 6.31. The Labute approximate surface area is 111 Å². The topological polar surface area (TPSA) is 61.3 Å². The largest absolute Gasteiger partial charge is 0.487 e. The Hall–Kier alpha value is -1.52. The van der Waals surface area contributed by atoms with E-state index in [4.69, 9.17) is 26.6 Å². The monoisotopic (exact) mass is 266 g/mol. The van der Waals surface area contributed by atoms with Gasteiger partial charge in [-0.15, -0.1) is 0 Å². The zero-order chi connectivity index (χ0) is 13.0. The highest BCUT2D eigenvalue weighted by Crippen LogP contribution is 2.27. The molecule has 0 atom stereocenters. The summed E-state index contributed by atoms with van der Waals surface area (Å²) in [6.45, 7) is 2.73. The van der Waals surface area contributed by atoms with Gasteiger partial charge < -0.3 is 15.0 Å². The SMILES string of the molecule is Cc1cc(COc2cccc(Cl)c2CCN)no1. The molecular formula is C13H15ClN2O2. The van der Waals surface area contributed by atoms with Gasteiger partial charge in [-0.05, 0) is 32.0 Å². The van der Waals surface area contributed by atoms with Crippen molar-refractivity contribution in [3.8, 4) is 5.75 Å². The quantitative estimate of drug-likeness (QED) is 0.904. The minimum Gasteiger partial charge on any atom is -0.487 e. The molecule has 0 unspecified atom stereocenters. The van der Waals surface area contributed by atoms with Gasteiger partial charge in [0.15, 0.2) is 0 Å². The fraction of sp³-hybridized carbons (Fsp3) is 0.308. The van der Waals surface area contributed by atoms with Crippen molar-refractivity contribution in [1.82, 2.24) is 5.16 Å². The third kappa shape index (κ3) is 3.03. The lowest BCUT2D eigenvalue weighted by Gasteiger charge is -2.11. The molecule has 4 nitrogen and oxygen atoms in total. The van der Waals surface area contributed by atoms with E-state index in [9.17, 15) is 0 Å². The van der Waals surface area contributed by atoms with E-state index in [1.165, 1.54) is 0 Å². The van der Waals surface area contributed by atoms with Gasteiger partial charge in [0, 0.05) is 16.7 Å². The number of ether oxygens (including phenoxy) is 1. The van der Waals surface area contributed by atoms with E-state index in [-0.39, 0.29) is 0 Å². The standard InChI is InChI=1S/C13H15ClN2O2/c1-9-7-10(16-18-9)8-17-13-4-2-3-12(14)11(13)5-6-15/h2-4,7H,5-6,8,15H2,1H3. The summed E-state index contributed by atoms with van der Waals surface area (Å²) in [5.41, 5.74) is 7.26. The fourth-order valence-corrected chi connectivity index (χ4v) is 1.96. The highest BCUT2D eigenvalue weighted by Gasteiger charge is 2.08. The summed E-state index contributed by atoms with van der Waals surface area (Å²) in [6.07, 6.45) is 0.687. The Bertz CT molecular complexity index is 525. The Balaban J connectivity index is 2.11. The van der Waals surface area contributed by atoms with E-state index in [1.54, 1.807) is 0 Å². The number of hydrogen-bond acceptors (Lipinski definition) is 4. The lowest BCUT2D eigenvalue weighted by atomic mass is 10.1. The van der Waals surface area contributed by atoms with Gasteiger partial charge in [0.05, 0.1) is 0 Å². The molecule has 0 aliphatic rings. The molecule has 0 saturated heterocycles. The van der Waals surface area contributed by atoms with Crippen molar-refractivity contribution in [2.75, 3.05) is 6.54 Å². The molecule has 0 amide bonds. The molecular weight excluding hydrogens is 252 g/mol. The number of benzene rings is 1. The van der Waals surface area contributed by atoms with Crippen molar-refractivity contribution in [3.63, 3.8) is 0 Å². The molecule has 0 aliphatic carbocycles. The molecule has 0 bridgehead atoms. The summed E-state index contributed by atoms with van der Waals surface area (Å²) in [6, 6.07) is 7.41. The molecule has 1 aromatic carbocycles. The number of aryl methyl sites for hydroxylation is 1. The van der Waals surface area contributed by atoms with Crippen LogP contribution in [0.15, 0.2) is 28.8 Å². The van der Waals surface area contributed by atoms with Crippen molar-refractivity contribution in [2.24, 2.45) is 5.73 Å². The van der Waals surface area contributed by atoms with E-state index < -0.39 is 0 Å². The number of rotatable bonds is 5. The maximum Gasteiger partial charge on any atom is 0.134 e. The van der Waals surface area contributed by atoms with Crippen molar-refractivity contribution >= 4 is 11.6 Å². The zero-order valence-corrected chi connectivity index (χ0v) is 10.9. The van der Waals surface area contributed by atoms with Crippen LogP contribution in [0.3, 0.4) is 0 Å². The van der Waals surface area contributed by atoms with E-state index in [0.29, 0.717) is 24.6 Å². The summed E-state index contributed by atoms with van der Waals surface area (Å²) < 4.78 is 10.7. The van der Waals surface area contributed by atoms with Crippen molar-refractivity contribution < 1.29 is 9.26 Å². The first kappa shape index (κ1) is 12.9. The molecule has 2 N–H and O–H groups in total. The minimum absolute atomic E-state index is 0.356. The summed E-state index contributed by atoms with van der Waals surface area (Å²) >= 11 is 6.12. The van der Waals surface area contributed by atoms with Crippen LogP contribution in [0.4, 0.5) is 0 Å². The number of aromatic nitrogens is 1. The molecule has 0 spiro atoms. The maximum atomic E-state index is 6.12. The van der Waals surface area contributed by atoms with Crippen LogP contribution in [0.25, 0.3) is 0 Å². The predicted molar refractivity (Wildman–Crippen MR) is 69.8 cm³/mol. The zero-order valence-electron chi connectivity index (χ0n) is 10.1. The highest BCUT2D eigenvalue weighted by atomic mass is 35.5. The van der Waals surface area contributed by atoms with Crippen LogP contribution >= 0.6 is 11.6 Å². The predicted octanol–water partition coefficient (Wildman–Crippen LogP) is 2.72. The number of nitrogens with zero attached hydrogens (tertiary/aromatic N) is 1. The third-order valence-electron chi connectivity index (χ3n) is 2.52. The molecule has 5 heteroatoms. The van der Waals surface area contributed by atoms with Crippen molar-refractivity contribution in [1.29, 1.82) is 0 Å². The van der Waals surface area contributed by atoms with Crippen molar-refractivity contribution in [2.45, 2.75) is 20.0 Å². The summed E-state index contributed by atoms with van der Waals surface area (Å²) in [4.78, 5) is 0. The summed E-state index contributed by atoms with van der Waals surface area (Å²) in [5.74, 6) is 1.51. The Morgan fingerprint density at radius 1 is 1.44 bits per heavy atom. The first-order valence-corrected chi connectivity index (χ1v) is 6.11. The van der Waals surface area contributed by atoms with Crippen LogP contribution < -0.4 is 10.5 Å². The van der Waals surface area contributed by atoms with E-state index >= 15 is 0 Å². The lowest BCUT2D eigenvalue weighted by molar-refractivity contribution is 0.285. The molecule has 0 fully saturated rings. The second-order valence-corrected chi connectivity index (χ2v) is 4.38. The molecule has 18 heavy (non-hydrogen) atoms. The molecule has 0 aliphatic heterocycles. The number of nitrogens with two attached hydrogens (primary N) is 1. The van der Waals surface area contributed by atoms with Gasteiger partial charge in [0.2, 0.25) is 0 Å². The first-order valence-electron chi connectivity index (χ1n) is 5.73. The molecule has 2 rings (SSSR count). The molecule has 1 aromatic heterocycles. The van der Waals surface area contributed by atoms with Crippen molar-refractivity contribution in [3.05, 3.63) is 46.3 Å². The minimum atomic E-state index is 0.356. The van der Waals surface area contributed by atoms with Crippen LogP contribution in [-0.2, 0) is 13.0 Å². The molecule has 2 aromatic rings. The second kappa shape index (κ2) is 5.89. The summed E-state index contributed by atoms with van der Waals surface area (Å²) in [7, 11) is 0. The van der Waals surface area contributed by atoms with Gasteiger partial charge in [-0.25, -0.2) is 0 Å². The van der Waals surface area contributed by atoms with Crippen LogP contribution in [0.5, 0.6) is 5.75 Å². The van der Waals surface area contributed by atoms with Crippen LogP contribution in [0.1, 0.15) is 17.0 Å². The van der Waals surface area contributed by atoms with E-state index in [1.807, 2.05) is 31.2 Å². The van der Waals surface area contributed by atoms with Gasteiger partial charge >= 0.3 is 0 Å². The third-order valence-corrected chi connectivity index (χ3v) is 2.88. The van der Waals surface area contributed by atoms with Gasteiger partial charge in [-0.1, -0.05) is 22.8 Å². The Kier molecular flexibility index (Phi) is 4.23. The average molecular weight is 267 g/mol. The molecule has 96 valence electrons. The number of halogens is 1. The van der Waals surface area contributed by atoms with Gasteiger partial charge in [-0.3, -0.25) is 0 Å². The average Bonchev–Trinajstić information content (AvgIpc) is 2.76. The van der Waals surface area contributed by atoms with Crippen LogP contribution in [0, 0.1) is 6.92 Å². The van der Waals surface area contributed by atoms with Crippen LogP contribution in [-0.4, -0.2) is 11.7 Å². The Morgan fingerprint density at radius 2 is 2.28 bits per heavy atom. The first-order chi connectivity index (χ1) is 8.70. The lowest BCUT2D eigenvalue weighted by Crippen LogP contribution is -2.06. The summed E-state index contributed by atoms with van der Waals surface area (Å²) in [5, 5.41) is 4.55. The van der Waals surface area contributed by atoms with Crippen LogP contribution in [0.2, 0.25) is 5.02 Å². The molecule has 1 heterocycles. The normalized spacial score (nSPS) is 10.6. The van der Waals surface area contributed by atoms with E-state index in [2.05, 4.69) is 5.16 Å². The second-order valence-electron chi connectivity index (χ2n) is 3.97. The maximum absolute atomic E-state index is 6.12. The van der Waals surface area contributed by atoms with Gasteiger partial charge in [0.1, 0.15) is 23.8 Å².